The maximum Gasteiger partial charge on any atom is 0.232 e. The Bertz CT molecular complexity index is 320. The van der Waals surface area contributed by atoms with Crippen LogP contribution in [0.3, 0.4) is 0 Å². The number of aromatic amines is 1. The second-order valence-electron chi connectivity index (χ2n) is 1.79. The van der Waals surface area contributed by atoms with E-state index in [0.717, 1.165) is 10.8 Å². The third kappa shape index (κ3) is 2.08. The predicted molar refractivity (Wildman–Crippen MR) is 52.5 cm³/mol. The van der Waals surface area contributed by atoms with Crippen LogP contribution in [0, 0.1) is 4.64 Å². The molecule has 58 valence electrons. The first-order valence-corrected chi connectivity index (χ1v) is 5.07. The summed E-state index contributed by atoms with van der Waals surface area (Å²) in [5.74, 6) is 0. The molecular weight excluding hydrogens is 198 g/mol. The zero-order valence-corrected chi connectivity index (χ0v) is 7.93. The lowest BCUT2D eigenvalue weighted by Gasteiger charge is -1.94. The van der Waals surface area contributed by atoms with Gasteiger partial charge in [-0.05, 0) is 22.9 Å². The fourth-order valence-corrected chi connectivity index (χ4v) is 1.49. The van der Waals surface area contributed by atoms with Gasteiger partial charge in [-0.25, -0.2) is 0 Å². The molecular formula is C6H5NOS3. The van der Waals surface area contributed by atoms with Crippen molar-refractivity contribution in [3.63, 3.8) is 0 Å². The Labute approximate surface area is 78.2 Å². The number of nitrogens with one attached hydrogen (secondary N) is 1. The Morgan fingerprint density at radius 2 is 2.45 bits per heavy atom. The van der Waals surface area contributed by atoms with Crippen molar-refractivity contribution in [1.82, 2.24) is 4.98 Å². The monoisotopic (exact) mass is 203 g/mol. The first-order chi connectivity index (χ1) is 5.25. The molecule has 1 aromatic rings. The van der Waals surface area contributed by atoms with Gasteiger partial charge in [-0.2, -0.15) is 0 Å². The van der Waals surface area contributed by atoms with E-state index in [1.165, 1.54) is 0 Å². The Hall–Kier alpha value is -0.260. The SMILES string of the molecule is O=C(SS)c1ccc[nH]c1=S. The molecule has 0 spiro atoms. The summed E-state index contributed by atoms with van der Waals surface area (Å²) in [5.41, 5.74) is 0.502. The van der Waals surface area contributed by atoms with Crippen molar-refractivity contribution >= 4 is 39.8 Å². The standard InChI is InChI=1S/C6H5NOS3/c8-6(11-10)4-2-1-3-7-5(4)9/h1-3,10H,(H,7,9). The lowest BCUT2D eigenvalue weighted by molar-refractivity contribution is 0.109. The minimum Gasteiger partial charge on any atom is -0.352 e. The number of carbonyl (C=O) groups excluding carboxylic acids is 1. The normalized spacial score (nSPS) is 9.55. The summed E-state index contributed by atoms with van der Waals surface area (Å²) in [6.45, 7) is 0. The minimum absolute atomic E-state index is 0.129. The molecule has 0 bridgehead atoms. The molecule has 0 amide bonds. The highest BCUT2D eigenvalue weighted by Crippen LogP contribution is 2.14. The molecule has 0 unspecified atom stereocenters. The summed E-state index contributed by atoms with van der Waals surface area (Å²) in [4.78, 5) is 13.8. The summed E-state index contributed by atoms with van der Waals surface area (Å²) in [5, 5.41) is -0.129. The lowest BCUT2D eigenvalue weighted by atomic mass is 10.3. The molecule has 0 aliphatic rings. The van der Waals surface area contributed by atoms with E-state index in [4.69, 9.17) is 12.2 Å². The zero-order valence-electron chi connectivity index (χ0n) is 5.40. The first-order valence-electron chi connectivity index (χ1n) is 2.79. The number of aromatic nitrogens is 1. The van der Waals surface area contributed by atoms with Crippen LogP contribution in [0.4, 0.5) is 0 Å². The Kier molecular flexibility index (Phi) is 3.16. The van der Waals surface area contributed by atoms with Crippen LogP contribution in [0.15, 0.2) is 18.3 Å². The molecule has 0 fully saturated rings. The summed E-state index contributed by atoms with van der Waals surface area (Å²) < 4.78 is 0.457. The molecule has 11 heavy (non-hydrogen) atoms. The van der Waals surface area contributed by atoms with Crippen molar-refractivity contribution in [2.24, 2.45) is 0 Å². The van der Waals surface area contributed by atoms with Gasteiger partial charge in [0.25, 0.3) is 0 Å². The third-order valence-corrected chi connectivity index (χ3v) is 2.34. The van der Waals surface area contributed by atoms with Gasteiger partial charge < -0.3 is 4.98 Å². The highest BCUT2D eigenvalue weighted by atomic mass is 33.1. The van der Waals surface area contributed by atoms with Gasteiger partial charge in [0.15, 0.2) is 0 Å². The molecule has 1 rings (SSSR count). The molecule has 0 aromatic carbocycles. The summed E-state index contributed by atoms with van der Waals surface area (Å²) in [6.07, 6.45) is 1.68. The van der Waals surface area contributed by atoms with Gasteiger partial charge in [-0.15, -0.1) is 11.7 Å². The van der Waals surface area contributed by atoms with Crippen LogP contribution in [0.1, 0.15) is 10.4 Å². The van der Waals surface area contributed by atoms with Crippen molar-refractivity contribution in [3.05, 3.63) is 28.5 Å². The van der Waals surface area contributed by atoms with Gasteiger partial charge in [0, 0.05) is 6.20 Å². The first kappa shape index (κ1) is 8.83. The summed E-state index contributed by atoms with van der Waals surface area (Å²) >= 11 is 8.65. The van der Waals surface area contributed by atoms with E-state index in [1.54, 1.807) is 18.3 Å². The van der Waals surface area contributed by atoms with Gasteiger partial charge in [-0.1, -0.05) is 12.2 Å². The lowest BCUT2D eigenvalue weighted by Crippen LogP contribution is -1.92. The second kappa shape index (κ2) is 3.94. The van der Waals surface area contributed by atoms with Gasteiger partial charge in [0.05, 0.1) is 5.56 Å². The highest BCUT2D eigenvalue weighted by Gasteiger charge is 2.04. The van der Waals surface area contributed by atoms with Crippen LogP contribution in [0.25, 0.3) is 0 Å². The number of pyridine rings is 1. The van der Waals surface area contributed by atoms with Crippen LogP contribution >= 0.6 is 34.7 Å². The molecule has 0 saturated carbocycles. The average Bonchev–Trinajstić information content (AvgIpc) is 2.04. The number of H-pyrrole nitrogens is 1. The molecule has 1 aromatic heterocycles. The van der Waals surface area contributed by atoms with Crippen molar-refractivity contribution in [2.75, 3.05) is 0 Å². The van der Waals surface area contributed by atoms with Crippen LogP contribution in [-0.4, -0.2) is 10.1 Å². The smallest absolute Gasteiger partial charge is 0.232 e. The third-order valence-electron chi connectivity index (χ3n) is 1.12. The topological polar surface area (TPSA) is 32.9 Å². The maximum absolute atomic E-state index is 11.0. The van der Waals surface area contributed by atoms with Gasteiger partial charge in [0.1, 0.15) is 4.64 Å². The van der Waals surface area contributed by atoms with Crippen molar-refractivity contribution < 1.29 is 4.79 Å². The predicted octanol–water partition coefficient (Wildman–Crippen LogP) is 2.46. The second-order valence-corrected chi connectivity index (χ2v) is 3.30. The molecule has 0 radical (unpaired) electrons. The molecule has 5 heteroatoms. The number of hydrogen-bond acceptors (Lipinski definition) is 4. The van der Waals surface area contributed by atoms with E-state index >= 15 is 0 Å². The van der Waals surface area contributed by atoms with E-state index in [-0.39, 0.29) is 5.12 Å². The Morgan fingerprint density at radius 1 is 1.73 bits per heavy atom. The van der Waals surface area contributed by atoms with E-state index in [0.29, 0.717) is 10.2 Å². The molecule has 1 N–H and O–H groups in total. The number of hydrogen-bond donors (Lipinski definition) is 2. The van der Waals surface area contributed by atoms with Gasteiger partial charge in [0.2, 0.25) is 5.12 Å². The number of rotatable bonds is 1. The number of thiol groups is 1. The number of carbonyl (C=O) groups is 1. The Balaban J connectivity index is 3.14. The molecule has 2 nitrogen and oxygen atoms in total. The van der Waals surface area contributed by atoms with E-state index in [9.17, 15) is 4.79 Å². The van der Waals surface area contributed by atoms with Gasteiger partial charge in [-0.3, -0.25) is 4.79 Å². The van der Waals surface area contributed by atoms with Crippen LogP contribution in [0.5, 0.6) is 0 Å². The van der Waals surface area contributed by atoms with Crippen molar-refractivity contribution in [2.45, 2.75) is 0 Å². The maximum atomic E-state index is 11.0. The molecule has 0 atom stereocenters. The molecule has 1 heterocycles. The highest BCUT2D eigenvalue weighted by molar-refractivity contribution is 8.75. The quantitative estimate of drug-likeness (QED) is 0.418. The average molecular weight is 203 g/mol. The van der Waals surface area contributed by atoms with Crippen molar-refractivity contribution in [3.8, 4) is 0 Å². The fourth-order valence-electron chi connectivity index (χ4n) is 0.631. The largest absolute Gasteiger partial charge is 0.352 e. The molecule has 0 aliphatic carbocycles. The Morgan fingerprint density at radius 3 is 3.00 bits per heavy atom. The van der Waals surface area contributed by atoms with Crippen molar-refractivity contribution in [1.29, 1.82) is 0 Å². The summed E-state index contributed by atoms with van der Waals surface area (Å²) in [7, 11) is 0.861. The van der Waals surface area contributed by atoms with Gasteiger partial charge >= 0.3 is 0 Å². The molecule has 0 aliphatic heterocycles. The zero-order chi connectivity index (χ0) is 8.27. The van der Waals surface area contributed by atoms with Crippen LogP contribution in [0.2, 0.25) is 0 Å². The van der Waals surface area contributed by atoms with E-state index in [2.05, 4.69) is 16.6 Å². The van der Waals surface area contributed by atoms with Crippen LogP contribution < -0.4 is 0 Å². The van der Waals surface area contributed by atoms with E-state index in [1.807, 2.05) is 0 Å². The fraction of sp³-hybridized carbons (Fsp3) is 0. The summed E-state index contributed by atoms with van der Waals surface area (Å²) in [6, 6.07) is 3.40. The van der Waals surface area contributed by atoms with Crippen LogP contribution in [-0.2, 0) is 0 Å². The van der Waals surface area contributed by atoms with E-state index < -0.39 is 0 Å². The minimum atomic E-state index is -0.129. The molecule has 0 saturated heterocycles.